The number of nitrogens with one attached hydrogen (secondary N) is 2. The molecule has 2 rings (SSSR count). The summed E-state index contributed by atoms with van der Waals surface area (Å²) in [5, 5.41) is 20.5. The van der Waals surface area contributed by atoms with Crippen molar-refractivity contribution in [3.63, 3.8) is 0 Å². The Balaban J connectivity index is 2.21. The van der Waals surface area contributed by atoms with Crippen LogP contribution in [-0.4, -0.2) is 22.3 Å². The molecule has 0 radical (unpaired) electrons. The van der Waals surface area contributed by atoms with Crippen LogP contribution < -0.4 is 5.32 Å². The minimum absolute atomic E-state index is 0.113. The minimum Gasteiger partial charge on any atom is -0.312 e. The van der Waals surface area contributed by atoms with E-state index in [4.69, 9.17) is 5.26 Å². The maximum Gasteiger partial charge on any atom is 0.0992 e. The topological polar surface area (TPSA) is 64.5 Å². The van der Waals surface area contributed by atoms with Gasteiger partial charge in [0, 0.05) is 10.9 Å². The number of hydrogen-bond acceptors (Lipinski definition) is 3. The first-order valence-corrected chi connectivity index (χ1v) is 6.11. The van der Waals surface area contributed by atoms with E-state index in [0.29, 0.717) is 5.56 Å². The fourth-order valence-corrected chi connectivity index (χ4v) is 1.97. The highest BCUT2D eigenvalue weighted by atomic mass is 15.1. The van der Waals surface area contributed by atoms with Crippen LogP contribution in [0.5, 0.6) is 0 Å². The molecule has 4 nitrogen and oxygen atoms in total. The molecular weight excluding hydrogens is 224 g/mol. The maximum atomic E-state index is 9.01. The third-order valence-electron chi connectivity index (χ3n) is 2.82. The number of aromatic nitrogens is 2. The molecule has 0 aliphatic rings. The van der Waals surface area contributed by atoms with Crippen molar-refractivity contribution in [3.8, 4) is 6.07 Å². The highest BCUT2D eigenvalue weighted by molar-refractivity contribution is 5.83. The van der Waals surface area contributed by atoms with Crippen molar-refractivity contribution in [1.29, 1.82) is 5.26 Å². The molecule has 0 atom stereocenters. The number of aromatic amines is 1. The molecule has 2 aromatic rings. The van der Waals surface area contributed by atoms with Gasteiger partial charge in [0.1, 0.15) is 0 Å². The molecule has 0 aliphatic heterocycles. The quantitative estimate of drug-likeness (QED) is 0.868. The molecule has 1 heterocycles. The predicted molar refractivity (Wildman–Crippen MR) is 72.3 cm³/mol. The Hall–Kier alpha value is -1.86. The van der Waals surface area contributed by atoms with Crippen LogP contribution in [0.4, 0.5) is 0 Å². The second-order valence-electron chi connectivity index (χ2n) is 5.51. The van der Waals surface area contributed by atoms with Crippen molar-refractivity contribution in [2.24, 2.45) is 0 Å². The first-order valence-electron chi connectivity index (χ1n) is 6.11. The third kappa shape index (κ3) is 2.88. The van der Waals surface area contributed by atoms with Crippen molar-refractivity contribution in [2.75, 3.05) is 6.54 Å². The van der Waals surface area contributed by atoms with E-state index in [2.05, 4.69) is 42.4 Å². The number of H-pyrrole nitrogens is 1. The zero-order valence-corrected chi connectivity index (χ0v) is 11.0. The van der Waals surface area contributed by atoms with Crippen LogP contribution in [-0.2, 0) is 6.42 Å². The van der Waals surface area contributed by atoms with Crippen molar-refractivity contribution in [1.82, 2.24) is 15.5 Å². The van der Waals surface area contributed by atoms with E-state index in [1.54, 1.807) is 0 Å². The molecule has 0 aliphatic carbocycles. The van der Waals surface area contributed by atoms with E-state index < -0.39 is 0 Å². The number of benzene rings is 1. The number of nitriles is 1. The summed E-state index contributed by atoms with van der Waals surface area (Å²) in [6.45, 7) is 7.32. The first-order chi connectivity index (χ1) is 8.49. The molecular formula is C14H18N4. The average Bonchev–Trinajstić information content (AvgIpc) is 2.75. The molecule has 0 unspecified atom stereocenters. The lowest BCUT2D eigenvalue weighted by Crippen LogP contribution is -2.37. The molecule has 0 saturated carbocycles. The first kappa shape index (κ1) is 12.6. The van der Waals surface area contributed by atoms with Gasteiger partial charge >= 0.3 is 0 Å². The SMILES string of the molecule is CC(C)(C)NCCc1cc(C#N)cc2[nH]ncc12. The Morgan fingerprint density at radius 3 is 2.83 bits per heavy atom. The van der Waals surface area contributed by atoms with Gasteiger partial charge in [-0.1, -0.05) is 0 Å². The van der Waals surface area contributed by atoms with Crippen LogP contribution in [0, 0.1) is 11.3 Å². The summed E-state index contributed by atoms with van der Waals surface area (Å²) >= 11 is 0. The van der Waals surface area contributed by atoms with Gasteiger partial charge in [-0.2, -0.15) is 10.4 Å². The van der Waals surface area contributed by atoms with Gasteiger partial charge in [-0.3, -0.25) is 5.10 Å². The molecule has 94 valence electrons. The van der Waals surface area contributed by atoms with Crippen molar-refractivity contribution in [2.45, 2.75) is 32.7 Å². The molecule has 0 spiro atoms. The number of fused-ring (bicyclic) bond motifs is 1. The normalized spacial score (nSPS) is 11.7. The van der Waals surface area contributed by atoms with Gasteiger partial charge in [-0.15, -0.1) is 0 Å². The van der Waals surface area contributed by atoms with E-state index in [0.717, 1.165) is 29.4 Å². The fourth-order valence-electron chi connectivity index (χ4n) is 1.97. The van der Waals surface area contributed by atoms with Crippen LogP contribution in [0.3, 0.4) is 0 Å². The van der Waals surface area contributed by atoms with Gasteiger partial charge in [0.2, 0.25) is 0 Å². The second-order valence-corrected chi connectivity index (χ2v) is 5.51. The molecule has 1 aromatic carbocycles. The molecule has 18 heavy (non-hydrogen) atoms. The van der Waals surface area contributed by atoms with Gasteiger partial charge < -0.3 is 5.32 Å². The van der Waals surface area contributed by atoms with Gasteiger partial charge in [-0.05, 0) is 51.4 Å². The average molecular weight is 242 g/mol. The van der Waals surface area contributed by atoms with Crippen LogP contribution in [0.2, 0.25) is 0 Å². The number of rotatable bonds is 3. The summed E-state index contributed by atoms with van der Waals surface area (Å²) in [5.74, 6) is 0. The Morgan fingerprint density at radius 1 is 1.39 bits per heavy atom. The monoisotopic (exact) mass is 242 g/mol. The standard InChI is InChI=1S/C14H18N4/c1-14(2,3)16-5-4-11-6-10(8-15)7-13-12(11)9-17-18-13/h6-7,9,16H,4-5H2,1-3H3,(H,17,18). The molecule has 1 aromatic heterocycles. The van der Waals surface area contributed by atoms with Crippen LogP contribution >= 0.6 is 0 Å². The maximum absolute atomic E-state index is 9.01. The van der Waals surface area contributed by atoms with E-state index >= 15 is 0 Å². The molecule has 4 heteroatoms. The van der Waals surface area contributed by atoms with E-state index in [1.165, 1.54) is 0 Å². The largest absolute Gasteiger partial charge is 0.312 e. The summed E-state index contributed by atoms with van der Waals surface area (Å²) in [4.78, 5) is 0. The van der Waals surface area contributed by atoms with Gasteiger partial charge in [0.05, 0.1) is 23.3 Å². The van der Waals surface area contributed by atoms with Crippen molar-refractivity contribution < 1.29 is 0 Å². The summed E-state index contributed by atoms with van der Waals surface area (Å²) < 4.78 is 0. The Bertz CT molecular complexity index is 584. The van der Waals surface area contributed by atoms with Crippen molar-refractivity contribution in [3.05, 3.63) is 29.5 Å². The van der Waals surface area contributed by atoms with E-state index in [-0.39, 0.29) is 5.54 Å². The van der Waals surface area contributed by atoms with Crippen LogP contribution in [0.25, 0.3) is 10.9 Å². The lowest BCUT2D eigenvalue weighted by Gasteiger charge is -2.20. The van der Waals surface area contributed by atoms with Gasteiger partial charge in [-0.25, -0.2) is 0 Å². The lowest BCUT2D eigenvalue weighted by molar-refractivity contribution is 0.430. The van der Waals surface area contributed by atoms with Crippen LogP contribution in [0.15, 0.2) is 18.3 Å². The Morgan fingerprint density at radius 2 is 2.17 bits per heavy atom. The molecule has 0 bridgehead atoms. The molecule has 2 N–H and O–H groups in total. The van der Waals surface area contributed by atoms with Gasteiger partial charge in [0.15, 0.2) is 0 Å². The minimum atomic E-state index is 0.113. The third-order valence-corrected chi connectivity index (χ3v) is 2.82. The fraction of sp³-hybridized carbons (Fsp3) is 0.429. The molecule has 0 saturated heterocycles. The Labute approximate surface area is 107 Å². The lowest BCUT2D eigenvalue weighted by atomic mass is 10.0. The van der Waals surface area contributed by atoms with E-state index in [1.807, 2.05) is 18.3 Å². The zero-order valence-electron chi connectivity index (χ0n) is 11.0. The highest BCUT2D eigenvalue weighted by Gasteiger charge is 2.10. The summed E-state index contributed by atoms with van der Waals surface area (Å²) in [6, 6.07) is 5.97. The number of hydrogen-bond donors (Lipinski definition) is 2. The second kappa shape index (κ2) is 4.79. The highest BCUT2D eigenvalue weighted by Crippen LogP contribution is 2.19. The summed E-state index contributed by atoms with van der Waals surface area (Å²) in [5.41, 5.74) is 2.88. The molecule has 0 amide bonds. The smallest absolute Gasteiger partial charge is 0.0992 e. The summed E-state index contributed by atoms with van der Waals surface area (Å²) in [7, 11) is 0. The molecule has 0 fully saturated rings. The zero-order chi connectivity index (χ0) is 13.2. The Kier molecular flexibility index (Phi) is 3.35. The van der Waals surface area contributed by atoms with E-state index in [9.17, 15) is 0 Å². The number of nitrogens with zero attached hydrogens (tertiary/aromatic N) is 2. The predicted octanol–water partition coefficient (Wildman–Crippen LogP) is 2.37. The van der Waals surface area contributed by atoms with Crippen molar-refractivity contribution >= 4 is 10.9 Å². The summed E-state index contributed by atoms with van der Waals surface area (Å²) in [6.07, 6.45) is 2.71. The van der Waals surface area contributed by atoms with Gasteiger partial charge in [0.25, 0.3) is 0 Å². The van der Waals surface area contributed by atoms with Crippen LogP contribution in [0.1, 0.15) is 31.9 Å².